The highest BCUT2D eigenvalue weighted by Gasteiger charge is 2.27. The Morgan fingerprint density at radius 2 is 1.87 bits per heavy atom. The average molecular weight is 426 g/mol. The summed E-state index contributed by atoms with van der Waals surface area (Å²) in [6.45, 7) is 4.85. The predicted molar refractivity (Wildman–Crippen MR) is 114 cm³/mol. The molecule has 1 aliphatic heterocycles. The lowest BCUT2D eigenvalue weighted by Crippen LogP contribution is -2.38. The summed E-state index contributed by atoms with van der Waals surface area (Å²) in [4.78, 5) is 19.3. The zero-order chi connectivity index (χ0) is 21.1. The number of hydrogen-bond donors (Lipinski definition) is 1. The molecular formula is C22H23N3O4S. The summed E-state index contributed by atoms with van der Waals surface area (Å²) in [6.07, 6.45) is 3.02. The van der Waals surface area contributed by atoms with Gasteiger partial charge in [0, 0.05) is 31.1 Å². The Balaban J connectivity index is 1.39. The van der Waals surface area contributed by atoms with Crippen LogP contribution in [0, 0.1) is 0 Å². The SMILES string of the molecule is C=CCNS(=O)(=O)c1ccc(C(=O)N2CCC(c3nc4ccccc4o3)CC2)cc1. The predicted octanol–water partition coefficient (Wildman–Crippen LogP) is 3.31. The van der Waals surface area contributed by atoms with Gasteiger partial charge >= 0.3 is 0 Å². The second kappa shape index (κ2) is 8.41. The molecule has 1 amide bonds. The first-order chi connectivity index (χ1) is 14.5. The smallest absolute Gasteiger partial charge is 0.253 e. The largest absolute Gasteiger partial charge is 0.440 e. The standard InChI is InChI=1S/C22H23N3O4S/c1-2-13-23-30(27,28)18-9-7-17(8-10-18)22(26)25-14-11-16(12-15-25)21-24-19-5-3-4-6-20(19)29-21/h2-10,16,23H,1,11-15H2. The van der Waals surface area contributed by atoms with Crippen LogP contribution in [0.1, 0.15) is 35.0 Å². The molecule has 0 unspecified atom stereocenters. The van der Waals surface area contributed by atoms with Gasteiger partial charge in [-0.3, -0.25) is 4.79 Å². The van der Waals surface area contributed by atoms with E-state index < -0.39 is 10.0 Å². The van der Waals surface area contributed by atoms with Gasteiger partial charge in [-0.15, -0.1) is 6.58 Å². The zero-order valence-electron chi connectivity index (χ0n) is 16.5. The van der Waals surface area contributed by atoms with Crippen LogP contribution in [0.3, 0.4) is 0 Å². The molecule has 3 aromatic rings. The number of likely N-dealkylation sites (tertiary alicyclic amines) is 1. The number of hydrogen-bond acceptors (Lipinski definition) is 5. The number of nitrogens with one attached hydrogen (secondary N) is 1. The summed E-state index contributed by atoms with van der Waals surface area (Å²) >= 11 is 0. The highest BCUT2D eigenvalue weighted by atomic mass is 32.2. The van der Waals surface area contributed by atoms with Crippen LogP contribution in [0.15, 0.2) is 70.5 Å². The molecular weight excluding hydrogens is 402 g/mol. The van der Waals surface area contributed by atoms with E-state index in [2.05, 4.69) is 16.3 Å². The number of sulfonamides is 1. The maximum absolute atomic E-state index is 12.8. The van der Waals surface area contributed by atoms with E-state index >= 15 is 0 Å². The highest BCUT2D eigenvalue weighted by molar-refractivity contribution is 7.89. The second-order valence-electron chi connectivity index (χ2n) is 7.25. The summed E-state index contributed by atoms with van der Waals surface area (Å²) in [5.41, 5.74) is 2.10. The van der Waals surface area contributed by atoms with Gasteiger partial charge < -0.3 is 9.32 Å². The van der Waals surface area contributed by atoms with Crippen molar-refractivity contribution in [2.45, 2.75) is 23.7 Å². The number of rotatable bonds is 6. The molecule has 30 heavy (non-hydrogen) atoms. The molecule has 2 heterocycles. The fourth-order valence-corrected chi connectivity index (χ4v) is 4.60. The fraction of sp³-hybridized carbons (Fsp3) is 0.273. The lowest BCUT2D eigenvalue weighted by atomic mass is 9.96. The third-order valence-electron chi connectivity index (χ3n) is 5.27. The number of benzene rings is 2. The molecule has 0 aliphatic carbocycles. The van der Waals surface area contributed by atoms with Crippen molar-refractivity contribution >= 4 is 27.0 Å². The van der Waals surface area contributed by atoms with Crippen molar-refractivity contribution in [3.05, 3.63) is 72.6 Å². The summed E-state index contributed by atoms with van der Waals surface area (Å²) in [7, 11) is -3.60. The first kappa shape index (κ1) is 20.3. The van der Waals surface area contributed by atoms with Crippen molar-refractivity contribution in [2.75, 3.05) is 19.6 Å². The Morgan fingerprint density at radius 3 is 2.53 bits per heavy atom. The van der Waals surface area contributed by atoms with E-state index in [4.69, 9.17) is 4.42 Å². The van der Waals surface area contributed by atoms with Gasteiger partial charge in [0.05, 0.1) is 4.90 Å². The van der Waals surface area contributed by atoms with Crippen molar-refractivity contribution in [3.63, 3.8) is 0 Å². The molecule has 0 atom stereocenters. The van der Waals surface area contributed by atoms with E-state index in [0.717, 1.165) is 29.8 Å². The number of fused-ring (bicyclic) bond motifs is 1. The number of carbonyl (C=O) groups excluding carboxylic acids is 1. The maximum Gasteiger partial charge on any atom is 0.253 e. The molecule has 0 radical (unpaired) electrons. The maximum atomic E-state index is 12.8. The van der Waals surface area contributed by atoms with Crippen LogP contribution in [0.2, 0.25) is 0 Å². The van der Waals surface area contributed by atoms with E-state index in [1.54, 1.807) is 17.0 Å². The van der Waals surface area contributed by atoms with Crippen LogP contribution in [0.5, 0.6) is 0 Å². The lowest BCUT2D eigenvalue weighted by Gasteiger charge is -2.30. The highest BCUT2D eigenvalue weighted by Crippen LogP contribution is 2.30. The molecule has 1 aromatic heterocycles. The van der Waals surface area contributed by atoms with Crippen LogP contribution in [-0.4, -0.2) is 43.8 Å². The third-order valence-corrected chi connectivity index (χ3v) is 6.71. The van der Waals surface area contributed by atoms with Crippen LogP contribution in [0.4, 0.5) is 0 Å². The lowest BCUT2D eigenvalue weighted by molar-refractivity contribution is 0.0706. The minimum Gasteiger partial charge on any atom is -0.440 e. The molecule has 156 valence electrons. The van der Waals surface area contributed by atoms with Crippen LogP contribution in [0.25, 0.3) is 11.1 Å². The van der Waals surface area contributed by atoms with E-state index in [1.165, 1.54) is 18.2 Å². The van der Waals surface area contributed by atoms with Crippen molar-refractivity contribution in [1.82, 2.24) is 14.6 Å². The summed E-state index contributed by atoms with van der Waals surface area (Å²) in [5.74, 6) is 0.809. The van der Waals surface area contributed by atoms with Crippen LogP contribution in [-0.2, 0) is 10.0 Å². The molecule has 8 heteroatoms. The molecule has 1 N–H and O–H groups in total. The fourth-order valence-electron chi connectivity index (χ4n) is 3.61. The number of piperidine rings is 1. The molecule has 1 fully saturated rings. The van der Waals surface area contributed by atoms with Gasteiger partial charge in [0.2, 0.25) is 10.0 Å². The Morgan fingerprint density at radius 1 is 1.17 bits per heavy atom. The number of nitrogens with zero attached hydrogens (tertiary/aromatic N) is 2. The Kier molecular flexibility index (Phi) is 5.69. The quantitative estimate of drug-likeness (QED) is 0.612. The zero-order valence-corrected chi connectivity index (χ0v) is 17.3. The first-order valence-electron chi connectivity index (χ1n) is 9.83. The first-order valence-corrected chi connectivity index (χ1v) is 11.3. The van der Waals surface area contributed by atoms with E-state index in [9.17, 15) is 13.2 Å². The Hall–Kier alpha value is -2.97. The monoisotopic (exact) mass is 425 g/mol. The topological polar surface area (TPSA) is 92.5 Å². The molecule has 1 saturated heterocycles. The summed E-state index contributed by atoms with van der Waals surface area (Å²) in [6, 6.07) is 13.7. The van der Waals surface area contributed by atoms with Crippen molar-refractivity contribution in [1.29, 1.82) is 0 Å². The molecule has 7 nitrogen and oxygen atoms in total. The van der Waals surface area contributed by atoms with Crippen LogP contribution >= 0.6 is 0 Å². The van der Waals surface area contributed by atoms with E-state index in [1.807, 2.05) is 24.3 Å². The minimum absolute atomic E-state index is 0.103. The number of amides is 1. The Bertz CT molecular complexity index is 1130. The molecule has 2 aromatic carbocycles. The molecule has 4 rings (SSSR count). The molecule has 1 aliphatic rings. The van der Waals surface area contributed by atoms with E-state index in [-0.39, 0.29) is 23.3 Å². The van der Waals surface area contributed by atoms with Gasteiger partial charge in [0.25, 0.3) is 5.91 Å². The van der Waals surface area contributed by atoms with Crippen molar-refractivity contribution in [3.8, 4) is 0 Å². The van der Waals surface area contributed by atoms with E-state index in [0.29, 0.717) is 18.7 Å². The van der Waals surface area contributed by atoms with Gasteiger partial charge in [-0.05, 0) is 49.2 Å². The average Bonchev–Trinajstić information content (AvgIpc) is 3.22. The van der Waals surface area contributed by atoms with Gasteiger partial charge in [-0.25, -0.2) is 18.1 Å². The normalized spacial score (nSPS) is 15.4. The number of oxazole rings is 1. The minimum atomic E-state index is -3.60. The number of carbonyl (C=O) groups is 1. The second-order valence-corrected chi connectivity index (χ2v) is 9.02. The van der Waals surface area contributed by atoms with Crippen molar-refractivity contribution in [2.24, 2.45) is 0 Å². The molecule has 0 spiro atoms. The van der Waals surface area contributed by atoms with Gasteiger partial charge in [-0.2, -0.15) is 0 Å². The number of para-hydroxylation sites is 2. The van der Waals surface area contributed by atoms with Gasteiger partial charge in [-0.1, -0.05) is 18.2 Å². The Labute approximate surface area is 175 Å². The van der Waals surface area contributed by atoms with Crippen LogP contribution < -0.4 is 4.72 Å². The van der Waals surface area contributed by atoms with Gasteiger partial charge in [0.1, 0.15) is 5.52 Å². The van der Waals surface area contributed by atoms with Crippen molar-refractivity contribution < 1.29 is 17.6 Å². The third kappa shape index (κ3) is 4.15. The van der Waals surface area contributed by atoms with Gasteiger partial charge in [0.15, 0.2) is 11.5 Å². The number of aromatic nitrogens is 1. The molecule has 0 bridgehead atoms. The summed E-state index contributed by atoms with van der Waals surface area (Å²) in [5, 5.41) is 0. The molecule has 0 saturated carbocycles. The summed E-state index contributed by atoms with van der Waals surface area (Å²) < 4.78 is 32.6.